The van der Waals surface area contributed by atoms with Gasteiger partial charge >= 0.3 is 0 Å². The minimum absolute atomic E-state index is 0.134. The number of ether oxygens (including phenoxy) is 2. The van der Waals surface area contributed by atoms with Crippen LogP contribution in [-0.4, -0.2) is 30.3 Å². The number of fused-ring (bicyclic) bond motifs is 1. The molecule has 0 atom stereocenters. The molecular weight excluding hydrogens is 306 g/mol. The molecule has 0 unspecified atom stereocenters. The first kappa shape index (κ1) is 14.3. The van der Waals surface area contributed by atoms with Crippen LogP contribution in [0.4, 0.5) is 0 Å². The first-order valence-electron chi connectivity index (χ1n) is 6.57. The number of benzene rings is 1. The average Bonchev–Trinajstić information content (AvgIpc) is 2.55. The van der Waals surface area contributed by atoms with Gasteiger partial charge in [-0.2, -0.15) is 5.10 Å². The molecule has 0 radical (unpaired) electrons. The van der Waals surface area contributed by atoms with Gasteiger partial charge in [0.2, 0.25) is 0 Å². The number of rotatable bonds is 3. The summed E-state index contributed by atoms with van der Waals surface area (Å²) >= 11 is 5.84. The smallest absolute Gasteiger partial charge is 0.274 e. The fourth-order valence-electron chi connectivity index (χ4n) is 1.92. The molecule has 22 heavy (non-hydrogen) atoms. The van der Waals surface area contributed by atoms with Crippen molar-refractivity contribution >= 4 is 23.7 Å². The van der Waals surface area contributed by atoms with E-state index in [1.165, 1.54) is 12.4 Å². The predicted molar refractivity (Wildman–Crippen MR) is 81.7 cm³/mol. The van der Waals surface area contributed by atoms with Gasteiger partial charge in [0.05, 0.1) is 11.8 Å². The number of hydrogen-bond donors (Lipinski definition) is 1. The Bertz CT molecular complexity index is 734. The molecule has 1 amide bonds. The highest BCUT2D eigenvalue weighted by Crippen LogP contribution is 2.30. The zero-order chi connectivity index (χ0) is 15.4. The van der Waals surface area contributed by atoms with Crippen molar-refractivity contribution in [2.24, 2.45) is 5.10 Å². The quantitative estimate of drug-likeness (QED) is 0.535. The lowest BCUT2D eigenvalue weighted by molar-refractivity contribution is 0.0955. The third-order valence-corrected chi connectivity index (χ3v) is 3.25. The van der Waals surface area contributed by atoms with E-state index in [-0.39, 0.29) is 10.7 Å². The molecule has 2 aromatic rings. The molecule has 1 aromatic carbocycles. The summed E-state index contributed by atoms with van der Waals surface area (Å²) in [7, 11) is 0. The van der Waals surface area contributed by atoms with Gasteiger partial charge in [-0.15, -0.1) is 0 Å². The summed E-state index contributed by atoms with van der Waals surface area (Å²) in [5.74, 6) is 0.943. The Hall–Kier alpha value is -2.60. The minimum atomic E-state index is -0.424. The van der Waals surface area contributed by atoms with Gasteiger partial charge in [-0.3, -0.25) is 4.79 Å². The lowest BCUT2D eigenvalue weighted by atomic mass is 10.2. The normalized spacial score (nSPS) is 13.1. The zero-order valence-electron chi connectivity index (χ0n) is 11.5. The summed E-state index contributed by atoms with van der Waals surface area (Å²) in [6.07, 6.45) is 3.03. The van der Waals surface area contributed by atoms with Crippen molar-refractivity contribution in [3.8, 4) is 11.5 Å². The van der Waals surface area contributed by atoms with Gasteiger partial charge in [-0.25, -0.2) is 10.4 Å². The number of halogens is 1. The van der Waals surface area contributed by atoms with Crippen LogP contribution in [0.1, 0.15) is 15.9 Å². The molecule has 0 fully saturated rings. The van der Waals surface area contributed by atoms with Crippen molar-refractivity contribution in [1.82, 2.24) is 10.4 Å². The summed E-state index contributed by atoms with van der Waals surface area (Å²) in [4.78, 5) is 15.7. The van der Waals surface area contributed by atoms with Crippen molar-refractivity contribution in [2.45, 2.75) is 0 Å². The first-order chi connectivity index (χ1) is 10.7. The molecule has 7 heteroatoms. The second kappa shape index (κ2) is 6.44. The molecule has 1 aromatic heterocycles. The second-order valence-electron chi connectivity index (χ2n) is 4.44. The highest BCUT2D eigenvalue weighted by Gasteiger charge is 2.11. The van der Waals surface area contributed by atoms with Gasteiger partial charge in [0.1, 0.15) is 18.4 Å². The van der Waals surface area contributed by atoms with Crippen LogP contribution < -0.4 is 14.9 Å². The largest absolute Gasteiger partial charge is 0.486 e. The van der Waals surface area contributed by atoms with Gasteiger partial charge in [0.15, 0.2) is 11.5 Å². The maximum atomic E-state index is 11.9. The molecule has 0 saturated heterocycles. The second-order valence-corrected chi connectivity index (χ2v) is 4.80. The minimum Gasteiger partial charge on any atom is -0.486 e. The van der Waals surface area contributed by atoms with Gasteiger partial charge < -0.3 is 9.47 Å². The number of hydrogen-bond acceptors (Lipinski definition) is 5. The van der Waals surface area contributed by atoms with Crippen molar-refractivity contribution in [2.75, 3.05) is 13.2 Å². The number of pyridine rings is 1. The molecule has 0 saturated carbocycles. The molecule has 1 aliphatic heterocycles. The molecular formula is C15H12ClN3O3. The van der Waals surface area contributed by atoms with E-state index >= 15 is 0 Å². The number of aromatic nitrogens is 1. The van der Waals surface area contributed by atoms with E-state index in [0.29, 0.717) is 24.7 Å². The molecule has 6 nitrogen and oxygen atoms in total. The number of nitrogens with zero attached hydrogens (tertiary/aromatic N) is 2. The zero-order valence-corrected chi connectivity index (χ0v) is 12.2. The van der Waals surface area contributed by atoms with Gasteiger partial charge in [0.25, 0.3) is 5.91 Å². The lowest BCUT2D eigenvalue weighted by Gasteiger charge is -2.18. The van der Waals surface area contributed by atoms with Gasteiger partial charge in [0, 0.05) is 6.20 Å². The van der Waals surface area contributed by atoms with Crippen LogP contribution in [0.25, 0.3) is 0 Å². The van der Waals surface area contributed by atoms with Crippen LogP contribution in [0.3, 0.4) is 0 Å². The molecule has 2 heterocycles. The molecule has 0 aliphatic carbocycles. The maximum absolute atomic E-state index is 11.9. The van der Waals surface area contributed by atoms with E-state index in [9.17, 15) is 4.79 Å². The Labute approximate surface area is 131 Å². The van der Waals surface area contributed by atoms with Crippen LogP contribution in [0.15, 0.2) is 41.6 Å². The number of nitrogens with one attached hydrogen (secondary N) is 1. The summed E-state index contributed by atoms with van der Waals surface area (Å²) in [6.45, 7) is 1.06. The molecule has 0 spiro atoms. The standard InChI is InChI=1S/C15H12ClN3O3/c16-14-11(2-1-5-17-14)15(20)19-18-9-10-3-4-12-13(8-10)22-7-6-21-12/h1-5,8-9H,6-7H2,(H,19,20). The fraction of sp³-hybridized carbons (Fsp3) is 0.133. The monoisotopic (exact) mass is 317 g/mol. The van der Waals surface area contributed by atoms with E-state index in [4.69, 9.17) is 21.1 Å². The fourth-order valence-corrected chi connectivity index (χ4v) is 2.13. The van der Waals surface area contributed by atoms with Crippen molar-refractivity contribution in [3.05, 3.63) is 52.8 Å². The Kier molecular flexibility index (Phi) is 4.20. The SMILES string of the molecule is O=C(NN=Cc1ccc2c(c1)OCCO2)c1cccnc1Cl. The van der Waals surface area contributed by atoms with Crippen LogP contribution in [0.5, 0.6) is 11.5 Å². The highest BCUT2D eigenvalue weighted by molar-refractivity contribution is 6.32. The third-order valence-electron chi connectivity index (χ3n) is 2.95. The number of carbonyl (C=O) groups excluding carboxylic acids is 1. The topological polar surface area (TPSA) is 72.8 Å². The van der Waals surface area contributed by atoms with E-state index in [1.807, 2.05) is 6.07 Å². The predicted octanol–water partition coefficient (Wildman–Crippen LogP) is 2.27. The van der Waals surface area contributed by atoms with Crippen molar-refractivity contribution in [1.29, 1.82) is 0 Å². The Morgan fingerprint density at radius 3 is 2.91 bits per heavy atom. The number of carbonyl (C=O) groups is 1. The van der Waals surface area contributed by atoms with Crippen LogP contribution in [-0.2, 0) is 0 Å². The van der Waals surface area contributed by atoms with E-state index in [0.717, 1.165) is 5.56 Å². The molecule has 1 N–H and O–H groups in total. The summed E-state index contributed by atoms with van der Waals surface area (Å²) in [5.41, 5.74) is 3.45. The Balaban J connectivity index is 1.67. The molecule has 112 valence electrons. The van der Waals surface area contributed by atoms with Gasteiger partial charge in [-0.05, 0) is 35.9 Å². The Morgan fingerprint density at radius 2 is 2.09 bits per heavy atom. The van der Waals surface area contributed by atoms with E-state index in [1.54, 1.807) is 24.3 Å². The lowest BCUT2D eigenvalue weighted by Crippen LogP contribution is -2.18. The average molecular weight is 318 g/mol. The van der Waals surface area contributed by atoms with Gasteiger partial charge in [-0.1, -0.05) is 11.6 Å². The van der Waals surface area contributed by atoms with Crippen molar-refractivity contribution in [3.63, 3.8) is 0 Å². The summed E-state index contributed by atoms with van der Waals surface area (Å²) in [6, 6.07) is 8.62. The van der Waals surface area contributed by atoms with Crippen LogP contribution in [0.2, 0.25) is 5.15 Å². The molecule has 0 bridgehead atoms. The summed E-state index contributed by atoms with van der Waals surface area (Å²) in [5, 5.41) is 4.03. The van der Waals surface area contributed by atoms with Crippen molar-refractivity contribution < 1.29 is 14.3 Å². The number of amides is 1. The number of hydrazone groups is 1. The summed E-state index contributed by atoms with van der Waals surface area (Å²) < 4.78 is 10.9. The molecule has 3 rings (SSSR count). The van der Waals surface area contributed by atoms with E-state index < -0.39 is 5.91 Å². The Morgan fingerprint density at radius 1 is 1.27 bits per heavy atom. The third kappa shape index (κ3) is 3.17. The van der Waals surface area contributed by atoms with Crippen LogP contribution in [0, 0.1) is 0 Å². The molecule has 1 aliphatic rings. The maximum Gasteiger partial charge on any atom is 0.274 e. The highest BCUT2D eigenvalue weighted by atomic mass is 35.5. The van der Waals surface area contributed by atoms with E-state index in [2.05, 4.69) is 15.5 Å². The van der Waals surface area contributed by atoms with Crippen LogP contribution >= 0.6 is 11.6 Å². The first-order valence-corrected chi connectivity index (χ1v) is 6.95.